The summed E-state index contributed by atoms with van der Waals surface area (Å²) in [7, 11) is 0. The number of benzene rings is 1. The summed E-state index contributed by atoms with van der Waals surface area (Å²) in [4.78, 5) is 10.6. The van der Waals surface area contributed by atoms with Gasteiger partial charge in [-0.05, 0) is 5.56 Å². The van der Waals surface area contributed by atoms with E-state index in [9.17, 15) is 4.79 Å². The zero-order chi connectivity index (χ0) is 11.4. The van der Waals surface area contributed by atoms with Crippen molar-refractivity contribution in [1.29, 1.82) is 0 Å². The highest BCUT2D eigenvalue weighted by molar-refractivity contribution is 5.75. The lowest BCUT2D eigenvalue weighted by atomic mass is 9.99. The van der Waals surface area contributed by atoms with E-state index in [0.717, 1.165) is 0 Å². The highest BCUT2D eigenvalue weighted by atomic mass is 16.6. The molecule has 86 valence electrons. The third-order valence-electron chi connectivity index (χ3n) is 2.78. The molecule has 0 spiro atoms. The molecule has 2 rings (SSSR count). The van der Waals surface area contributed by atoms with E-state index in [2.05, 4.69) is 0 Å². The van der Waals surface area contributed by atoms with Gasteiger partial charge in [-0.1, -0.05) is 37.3 Å². The number of carbonyl (C=O) groups excluding carboxylic acids is 1. The van der Waals surface area contributed by atoms with Gasteiger partial charge < -0.3 is 9.47 Å². The fourth-order valence-electron chi connectivity index (χ4n) is 1.69. The van der Waals surface area contributed by atoms with Crippen LogP contribution in [0, 0.1) is 5.92 Å². The normalized spacial score (nSPS) is 21.1. The lowest BCUT2D eigenvalue weighted by Gasteiger charge is -2.30. The van der Waals surface area contributed by atoms with Crippen molar-refractivity contribution in [3.63, 3.8) is 0 Å². The first kappa shape index (κ1) is 11.1. The summed E-state index contributed by atoms with van der Waals surface area (Å²) < 4.78 is 10.6. The van der Waals surface area contributed by atoms with Crippen LogP contribution >= 0.6 is 0 Å². The van der Waals surface area contributed by atoms with Crippen LogP contribution in [0.2, 0.25) is 0 Å². The Hall–Kier alpha value is -1.35. The SMILES string of the molecule is C[C@@H](COCc1ccccc1)[C@@H]1CC(=O)O1. The summed E-state index contributed by atoms with van der Waals surface area (Å²) in [5.41, 5.74) is 1.17. The fourth-order valence-corrected chi connectivity index (χ4v) is 1.69. The molecule has 1 aliphatic rings. The van der Waals surface area contributed by atoms with E-state index in [1.807, 2.05) is 37.3 Å². The first-order valence-corrected chi connectivity index (χ1v) is 5.57. The van der Waals surface area contributed by atoms with Gasteiger partial charge in [-0.15, -0.1) is 0 Å². The molecule has 1 aromatic rings. The highest BCUT2D eigenvalue weighted by Gasteiger charge is 2.33. The van der Waals surface area contributed by atoms with Crippen LogP contribution in [0.4, 0.5) is 0 Å². The number of esters is 1. The van der Waals surface area contributed by atoms with Gasteiger partial charge in [-0.25, -0.2) is 0 Å². The average molecular weight is 220 g/mol. The molecular formula is C13H16O3. The standard InChI is InChI=1S/C13H16O3/c1-10(12-7-13(14)16-12)8-15-9-11-5-3-2-4-6-11/h2-6,10,12H,7-9H2,1H3/t10-,12-/m0/s1. The van der Waals surface area contributed by atoms with E-state index in [-0.39, 0.29) is 18.0 Å². The number of cyclic esters (lactones) is 1. The summed E-state index contributed by atoms with van der Waals surface area (Å²) >= 11 is 0. The van der Waals surface area contributed by atoms with Gasteiger partial charge in [-0.3, -0.25) is 4.79 Å². The number of hydrogen-bond acceptors (Lipinski definition) is 3. The molecule has 0 saturated carbocycles. The van der Waals surface area contributed by atoms with Crippen molar-refractivity contribution < 1.29 is 14.3 Å². The Labute approximate surface area is 95.4 Å². The van der Waals surface area contributed by atoms with Gasteiger partial charge in [0.2, 0.25) is 0 Å². The molecule has 2 atom stereocenters. The zero-order valence-corrected chi connectivity index (χ0v) is 9.39. The minimum atomic E-state index is -0.0973. The van der Waals surface area contributed by atoms with Gasteiger partial charge in [0.25, 0.3) is 0 Å². The van der Waals surface area contributed by atoms with Crippen molar-refractivity contribution in [2.45, 2.75) is 26.1 Å². The molecular weight excluding hydrogens is 204 g/mol. The van der Waals surface area contributed by atoms with Crippen molar-refractivity contribution in [3.8, 4) is 0 Å². The first-order chi connectivity index (χ1) is 7.75. The maximum atomic E-state index is 10.6. The average Bonchev–Trinajstić information content (AvgIpc) is 2.26. The molecule has 0 N–H and O–H groups in total. The number of ether oxygens (including phenoxy) is 2. The Morgan fingerprint density at radius 2 is 2.12 bits per heavy atom. The van der Waals surface area contributed by atoms with Gasteiger partial charge in [0.05, 0.1) is 19.6 Å². The molecule has 1 aliphatic heterocycles. The Morgan fingerprint density at radius 1 is 1.44 bits per heavy atom. The monoisotopic (exact) mass is 220 g/mol. The second kappa shape index (κ2) is 5.12. The number of rotatable bonds is 5. The van der Waals surface area contributed by atoms with Crippen molar-refractivity contribution >= 4 is 5.97 Å². The molecule has 16 heavy (non-hydrogen) atoms. The second-order valence-corrected chi connectivity index (χ2v) is 4.21. The Kier molecular flexibility index (Phi) is 3.57. The third-order valence-corrected chi connectivity index (χ3v) is 2.78. The predicted octanol–water partition coefficient (Wildman–Crippen LogP) is 2.15. The Morgan fingerprint density at radius 3 is 2.75 bits per heavy atom. The van der Waals surface area contributed by atoms with Crippen LogP contribution in [0.15, 0.2) is 30.3 Å². The maximum Gasteiger partial charge on any atom is 0.309 e. The molecule has 0 aromatic heterocycles. The number of carbonyl (C=O) groups is 1. The van der Waals surface area contributed by atoms with Crippen molar-refractivity contribution in [1.82, 2.24) is 0 Å². The van der Waals surface area contributed by atoms with Crippen LogP contribution < -0.4 is 0 Å². The molecule has 0 aliphatic carbocycles. The number of hydrogen-bond donors (Lipinski definition) is 0. The molecule has 0 bridgehead atoms. The van der Waals surface area contributed by atoms with Crippen molar-refractivity contribution in [3.05, 3.63) is 35.9 Å². The maximum absolute atomic E-state index is 10.6. The smallest absolute Gasteiger partial charge is 0.309 e. The molecule has 0 radical (unpaired) electrons. The highest BCUT2D eigenvalue weighted by Crippen LogP contribution is 2.22. The Bertz CT molecular complexity index is 339. The summed E-state index contributed by atoms with van der Waals surface area (Å²) in [6.45, 7) is 3.29. The lowest BCUT2D eigenvalue weighted by Crippen LogP contribution is -2.39. The van der Waals surface area contributed by atoms with Crippen molar-refractivity contribution in [2.75, 3.05) is 6.61 Å². The molecule has 1 heterocycles. The Balaban J connectivity index is 1.66. The van der Waals surface area contributed by atoms with E-state index in [1.165, 1.54) is 5.56 Å². The molecule has 0 amide bonds. The first-order valence-electron chi connectivity index (χ1n) is 5.57. The fraction of sp³-hybridized carbons (Fsp3) is 0.462. The zero-order valence-electron chi connectivity index (χ0n) is 9.39. The van der Waals surface area contributed by atoms with E-state index in [0.29, 0.717) is 19.6 Å². The predicted molar refractivity (Wildman–Crippen MR) is 59.8 cm³/mol. The minimum absolute atomic E-state index is 0.0586. The summed E-state index contributed by atoms with van der Waals surface area (Å²) in [5.74, 6) is 0.182. The molecule has 1 fully saturated rings. The molecule has 3 nitrogen and oxygen atoms in total. The van der Waals surface area contributed by atoms with Gasteiger partial charge in [0, 0.05) is 5.92 Å². The van der Waals surface area contributed by atoms with Crippen LogP contribution in [0.1, 0.15) is 18.9 Å². The summed E-state index contributed by atoms with van der Waals surface area (Å²) in [6.07, 6.45) is 0.596. The summed E-state index contributed by atoms with van der Waals surface area (Å²) in [6, 6.07) is 10.0. The van der Waals surface area contributed by atoms with Crippen molar-refractivity contribution in [2.24, 2.45) is 5.92 Å². The topological polar surface area (TPSA) is 35.5 Å². The second-order valence-electron chi connectivity index (χ2n) is 4.21. The van der Waals surface area contributed by atoms with Crippen LogP contribution in [0.25, 0.3) is 0 Å². The van der Waals surface area contributed by atoms with Crippen LogP contribution in [-0.4, -0.2) is 18.7 Å². The molecule has 1 aromatic carbocycles. The lowest BCUT2D eigenvalue weighted by molar-refractivity contribution is -0.176. The molecule has 3 heteroatoms. The van der Waals surface area contributed by atoms with Crippen LogP contribution in [0.5, 0.6) is 0 Å². The minimum Gasteiger partial charge on any atom is -0.461 e. The van der Waals surface area contributed by atoms with E-state index in [4.69, 9.17) is 9.47 Å². The summed E-state index contributed by atoms with van der Waals surface area (Å²) in [5, 5.41) is 0. The van der Waals surface area contributed by atoms with Crippen LogP contribution in [-0.2, 0) is 20.9 Å². The van der Waals surface area contributed by atoms with Gasteiger partial charge in [0.1, 0.15) is 6.10 Å². The largest absolute Gasteiger partial charge is 0.461 e. The van der Waals surface area contributed by atoms with E-state index < -0.39 is 0 Å². The van der Waals surface area contributed by atoms with Crippen LogP contribution in [0.3, 0.4) is 0 Å². The van der Waals surface area contributed by atoms with E-state index >= 15 is 0 Å². The quantitative estimate of drug-likeness (QED) is 0.713. The molecule has 1 saturated heterocycles. The molecule has 0 unspecified atom stereocenters. The van der Waals surface area contributed by atoms with Gasteiger partial charge in [0.15, 0.2) is 0 Å². The van der Waals surface area contributed by atoms with Gasteiger partial charge >= 0.3 is 5.97 Å². The third kappa shape index (κ3) is 2.83. The van der Waals surface area contributed by atoms with E-state index in [1.54, 1.807) is 0 Å². The van der Waals surface area contributed by atoms with Gasteiger partial charge in [-0.2, -0.15) is 0 Å².